The molecular weight excluding hydrogens is 286 g/mol. The first kappa shape index (κ1) is 15.6. The van der Waals surface area contributed by atoms with Gasteiger partial charge in [-0.2, -0.15) is 0 Å². The largest absolute Gasteiger partial charge is 0.367 e. The zero-order chi connectivity index (χ0) is 15.9. The number of nitrogens with one attached hydrogen (secondary N) is 1. The lowest BCUT2D eigenvalue weighted by atomic mass is 10.2. The van der Waals surface area contributed by atoms with Gasteiger partial charge in [0.15, 0.2) is 0 Å². The van der Waals surface area contributed by atoms with Gasteiger partial charge in [0.2, 0.25) is 0 Å². The third kappa shape index (κ3) is 4.35. The minimum atomic E-state index is -0.533. The molecule has 0 saturated heterocycles. The molecule has 1 aromatic heterocycles. The first-order valence-electron chi connectivity index (χ1n) is 6.59. The number of hydrogen-bond donors (Lipinski definition) is 1. The van der Waals surface area contributed by atoms with E-state index < -0.39 is 4.92 Å². The second-order valence-electron chi connectivity index (χ2n) is 4.64. The molecule has 0 aliphatic carbocycles. The van der Waals surface area contributed by atoms with Gasteiger partial charge in [0.25, 0.3) is 11.6 Å². The Hall–Kier alpha value is -2.80. The molecule has 0 aliphatic heterocycles. The van der Waals surface area contributed by atoms with Gasteiger partial charge in [-0.3, -0.25) is 14.9 Å². The maximum Gasteiger partial charge on any atom is 0.287 e. The first-order valence-corrected chi connectivity index (χ1v) is 6.59. The predicted molar refractivity (Wildman–Crippen MR) is 80.4 cm³/mol. The Morgan fingerprint density at radius 2 is 2.09 bits per heavy atom. The smallest absolute Gasteiger partial charge is 0.287 e. The molecular formula is C15H15N3O4. The van der Waals surface area contributed by atoms with Gasteiger partial charge in [-0.05, 0) is 18.1 Å². The highest BCUT2D eigenvalue weighted by Gasteiger charge is 2.11. The SMILES string of the molecule is Cc1cc([N+](=O)[O-])cnc1NC(=O)COCc1ccccc1. The molecule has 0 fully saturated rings. The average Bonchev–Trinajstić information content (AvgIpc) is 2.50. The van der Waals surface area contributed by atoms with Crippen molar-refractivity contribution in [2.24, 2.45) is 0 Å². The third-order valence-electron chi connectivity index (χ3n) is 2.88. The van der Waals surface area contributed by atoms with Gasteiger partial charge in [-0.25, -0.2) is 4.98 Å². The highest BCUT2D eigenvalue weighted by Crippen LogP contribution is 2.17. The van der Waals surface area contributed by atoms with E-state index in [1.54, 1.807) is 6.92 Å². The van der Waals surface area contributed by atoms with Crippen LogP contribution in [0.4, 0.5) is 11.5 Å². The van der Waals surface area contributed by atoms with Crippen LogP contribution >= 0.6 is 0 Å². The minimum Gasteiger partial charge on any atom is -0.367 e. The van der Waals surface area contributed by atoms with Crippen LogP contribution in [0.1, 0.15) is 11.1 Å². The van der Waals surface area contributed by atoms with Crippen LogP contribution in [-0.2, 0) is 16.1 Å². The van der Waals surface area contributed by atoms with Gasteiger partial charge in [0.1, 0.15) is 18.6 Å². The van der Waals surface area contributed by atoms with Crippen molar-refractivity contribution >= 4 is 17.4 Å². The second kappa shape index (κ2) is 7.28. The fourth-order valence-corrected chi connectivity index (χ4v) is 1.79. The van der Waals surface area contributed by atoms with Crippen molar-refractivity contribution in [1.82, 2.24) is 4.98 Å². The van der Waals surface area contributed by atoms with Crippen LogP contribution < -0.4 is 5.32 Å². The molecule has 7 nitrogen and oxygen atoms in total. The lowest BCUT2D eigenvalue weighted by Gasteiger charge is -2.07. The standard InChI is InChI=1S/C15H15N3O4/c1-11-7-13(18(20)21)8-16-15(11)17-14(19)10-22-9-12-5-3-2-4-6-12/h2-8H,9-10H2,1H3,(H,16,17,19). The van der Waals surface area contributed by atoms with Crippen molar-refractivity contribution < 1.29 is 14.5 Å². The molecule has 0 bridgehead atoms. The fourth-order valence-electron chi connectivity index (χ4n) is 1.79. The number of nitrogens with zero attached hydrogens (tertiary/aromatic N) is 2. The van der Waals surface area contributed by atoms with Crippen molar-refractivity contribution in [3.63, 3.8) is 0 Å². The number of amides is 1. The minimum absolute atomic E-state index is 0.115. The van der Waals surface area contributed by atoms with E-state index >= 15 is 0 Å². The Labute approximate surface area is 127 Å². The quantitative estimate of drug-likeness (QED) is 0.653. The molecule has 2 aromatic rings. The summed E-state index contributed by atoms with van der Waals surface area (Å²) >= 11 is 0. The molecule has 0 spiro atoms. The number of aromatic nitrogens is 1. The molecule has 114 valence electrons. The molecule has 0 aliphatic rings. The molecule has 7 heteroatoms. The van der Waals surface area contributed by atoms with E-state index in [9.17, 15) is 14.9 Å². The maximum absolute atomic E-state index is 11.8. The fraction of sp³-hybridized carbons (Fsp3) is 0.200. The van der Waals surface area contributed by atoms with Crippen molar-refractivity contribution in [2.75, 3.05) is 11.9 Å². The number of anilines is 1. The van der Waals surface area contributed by atoms with Crippen LogP contribution in [-0.4, -0.2) is 22.4 Å². The summed E-state index contributed by atoms with van der Waals surface area (Å²) in [4.78, 5) is 25.7. The third-order valence-corrected chi connectivity index (χ3v) is 2.88. The van der Waals surface area contributed by atoms with E-state index in [1.807, 2.05) is 30.3 Å². The molecule has 0 unspecified atom stereocenters. The van der Waals surface area contributed by atoms with Gasteiger partial charge in [-0.1, -0.05) is 30.3 Å². The van der Waals surface area contributed by atoms with Gasteiger partial charge >= 0.3 is 0 Å². The summed E-state index contributed by atoms with van der Waals surface area (Å²) in [6, 6.07) is 10.8. The van der Waals surface area contributed by atoms with Crippen molar-refractivity contribution in [1.29, 1.82) is 0 Å². The number of nitro groups is 1. The Balaban J connectivity index is 1.85. The van der Waals surface area contributed by atoms with Crippen LogP contribution in [0.25, 0.3) is 0 Å². The van der Waals surface area contributed by atoms with Crippen LogP contribution in [0.2, 0.25) is 0 Å². The molecule has 0 radical (unpaired) electrons. The number of hydrogen-bond acceptors (Lipinski definition) is 5. The van der Waals surface area contributed by atoms with E-state index in [0.29, 0.717) is 18.0 Å². The van der Waals surface area contributed by atoms with Crippen molar-refractivity contribution in [2.45, 2.75) is 13.5 Å². The van der Waals surface area contributed by atoms with Gasteiger partial charge < -0.3 is 10.1 Å². The monoisotopic (exact) mass is 301 g/mol. The molecule has 22 heavy (non-hydrogen) atoms. The molecule has 1 heterocycles. The van der Waals surface area contributed by atoms with Crippen LogP contribution in [0.3, 0.4) is 0 Å². The number of ether oxygens (including phenoxy) is 1. The Morgan fingerprint density at radius 1 is 1.36 bits per heavy atom. The van der Waals surface area contributed by atoms with E-state index in [0.717, 1.165) is 11.8 Å². The summed E-state index contributed by atoms with van der Waals surface area (Å²) in [6.07, 6.45) is 1.10. The molecule has 2 rings (SSSR count). The Morgan fingerprint density at radius 3 is 2.73 bits per heavy atom. The highest BCUT2D eigenvalue weighted by molar-refractivity contribution is 5.91. The van der Waals surface area contributed by atoms with E-state index in [-0.39, 0.29) is 18.2 Å². The predicted octanol–water partition coefficient (Wildman–Crippen LogP) is 2.45. The average molecular weight is 301 g/mol. The maximum atomic E-state index is 11.8. The summed E-state index contributed by atoms with van der Waals surface area (Å²) in [5.74, 6) is -0.0701. The molecule has 1 N–H and O–H groups in total. The number of aryl methyl sites for hydroxylation is 1. The lowest BCUT2D eigenvalue weighted by Crippen LogP contribution is -2.19. The zero-order valence-electron chi connectivity index (χ0n) is 12.0. The summed E-state index contributed by atoms with van der Waals surface area (Å²) in [7, 11) is 0. The van der Waals surface area contributed by atoms with Gasteiger partial charge in [0, 0.05) is 6.07 Å². The normalized spacial score (nSPS) is 10.2. The zero-order valence-corrected chi connectivity index (χ0v) is 12.0. The molecule has 1 aromatic carbocycles. The number of rotatable bonds is 6. The van der Waals surface area contributed by atoms with Crippen molar-refractivity contribution in [3.05, 3.63) is 63.8 Å². The van der Waals surface area contributed by atoms with Gasteiger partial charge in [0.05, 0.1) is 11.5 Å². The lowest BCUT2D eigenvalue weighted by molar-refractivity contribution is -0.385. The second-order valence-corrected chi connectivity index (χ2v) is 4.64. The molecule has 0 atom stereocenters. The summed E-state index contributed by atoms with van der Waals surface area (Å²) in [5, 5.41) is 13.2. The van der Waals surface area contributed by atoms with Crippen LogP contribution in [0.15, 0.2) is 42.6 Å². The Bertz CT molecular complexity index is 674. The Kier molecular flexibility index (Phi) is 5.16. The number of carbonyl (C=O) groups excluding carboxylic acids is 1. The number of benzene rings is 1. The van der Waals surface area contributed by atoms with Crippen molar-refractivity contribution in [3.8, 4) is 0 Å². The summed E-state index contributed by atoms with van der Waals surface area (Å²) < 4.78 is 5.31. The summed E-state index contributed by atoms with van der Waals surface area (Å²) in [6.45, 7) is 1.86. The topological polar surface area (TPSA) is 94.4 Å². The summed E-state index contributed by atoms with van der Waals surface area (Å²) in [5.41, 5.74) is 1.38. The van der Waals surface area contributed by atoms with E-state index in [4.69, 9.17) is 4.74 Å². The van der Waals surface area contributed by atoms with Gasteiger partial charge in [-0.15, -0.1) is 0 Å². The van der Waals surface area contributed by atoms with E-state index in [2.05, 4.69) is 10.3 Å². The van der Waals surface area contributed by atoms with E-state index in [1.165, 1.54) is 6.07 Å². The number of carbonyl (C=O) groups is 1. The molecule has 0 saturated carbocycles. The first-order chi connectivity index (χ1) is 10.6. The van der Waals surface area contributed by atoms with Crippen LogP contribution in [0, 0.1) is 17.0 Å². The molecule has 1 amide bonds. The van der Waals surface area contributed by atoms with Crippen LogP contribution in [0.5, 0.6) is 0 Å². The highest BCUT2D eigenvalue weighted by atomic mass is 16.6. The number of pyridine rings is 1.